The zero-order valence-electron chi connectivity index (χ0n) is 11.5. The smallest absolute Gasteiger partial charge is 0.0471 e. The Morgan fingerprint density at radius 2 is 2.21 bits per heavy atom. The molecule has 1 aliphatic heterocycles. The highest BCUT2D eigenvalue weighted by atomic mass is 16.3. The number of aromatic nitrogens is 1. The van der Waals surface area contributed by atoms with E-state index in [-0.39, 0.29) is 0 Å². The minimum Gasteiger partial charge on any atom is -0.396 e. The fourth-order valence-corrected chi connectivity index (χ4v) is 3.14. The van der Waals surface area contributed by atoms with E-state index in [1.54, 1.807) is 0 Å². The number of piperidine rings is 1. The number of aliphatic hydroxyl groups excluding tert-OH is 1. The number of fused-ring (bicyclic) bond motifs is 1. The normalized spacial score (nSPS) is 24.9. The van der Waals surface area contributed by atoms with E-state index in [2.05, 4.69) is 41.1 Å². The van der Waals surface area contributed by atoms with E-state index in [1.165, 1.54) is 22.9 Å². The Morgan fingerprint density at radius 1 is 1.32 bits per heavy atom. The lowest BCUT2D eigenvalue weighted by Gasteiger charge is -2.37. The fourth-order valence-electron chi connectivity index (χ4n) is 3.14. The van der Waals surface area contributed by atoms with Crippen molar-refractivity contribution in [2.45, 2.75) is 32.4 Å². The predicted molar refractivity (Wildman–Crippen MR) is 78.0 cm³/mol. The maximum atomic E-state index is 9.37. The second-order valence-electron chi connectivity index (χ2n) is 5.76. The number of likely N-dealkylation sites (tertiary alicyclic amines) is 1. The topological polar surface area (TPSA) is 39.3 Å². The van der Waals surface area contributed by atoms with Crippen LogP contribution in [0.5, 0.6) is 0 Å². The summed E-state index contributed by atoms with van der Waals surface area (Å²) in [6, 6.07) is 9.22. The van der Waals surface area contributed by atoms with Crippen molar-refractivity contribution in [3.8, 4) is 0 Å². The zero-order valence-corrected chi connectivity index (χ0v) is 11.5. The van der Waals surface area contributed by atoms with Gasteiger partial charge < -0.3 is 10.1 Å². The van der Waals surface area contributed by atoms with Crippen molar-refractivity contribution in [2.75, 3.05) is 13.2 Å². The van der Waals surface area contributed by atoms with Gasteiger partial charge in [0.15, 0.2) is 0 Å². The number of hydrogen-bond donors (Lipinski definition) is 2. The first-order valence-electron chi connectivity index (χ1n) is 7.18. The van der Waals surface area contributed by atoms with Gasteiger partial charge in [0, 0.05) is 42.8 Å². The zero-order chi connectivity index (χ0) is 13.2. The van der Waals surface area contributed by atoms with Crippen molar-refractivity contribution in [1.29, 1.82) is 0 Å². The molecular formula is C16H22N2O. The molecular weight excluding hydrogens is 236 g/mol. The third-order valence-corrected chi connectivity index (χ3v) is 4.43. The average Bonchev–Trinajstić information content (AvgIpc) is 2.90. The number of H-pyrrole nitrogens is 1. The van der Waals surface area contributed by atoms with Crippen molar-refractivity contribution in [3.05, 3.63) is 36.0 Å². The molecule has 1 aliphatic rings. The first-order valence-corrected chi connectivity index (χ1v) is 7.18. The molecule has 0 bridgehead atoms. The number of aromatic amines is 1. The van der Waals surface area contributed by atoms with Gasteiger partial charge in [-0.15, -0.1) is 0 Å². The summed E-state index contributed by atoms with van der Waals surface area (Å²) in [5.74, 6) is 0.446. The Labute approximate surface area is 114 Å². The highest BCUT2D eigenvalue weighted by Gasteiger charge is 2.25. The maximum absolute atomic E-state index is 9.37. The van der Waals surface area contributed by atoms with Crippen LogP contribution >= 0.6 is 0 Å². The highest BCUT2D eigenvalue weighted by Crippen LogP contribution is 2.26. The van der Waals surface area contributed by atoms with Gasteiger partial charge in [0.25, 0.3) is 0 Å². The Kier molecular flexibility index (Phi) is 3.58. The first kappa shape index (κ1) is 12.7. The van der Waals surface area contributed by atoms with E-state index in [0.29, 0.717) is 18.6 Å². The van der Waals surface area contributed by atoms with Gasteiger partial charge in [-0.3, -0.25) is 4.90 Å². The molecule has 19 heavy (non-hydrogen) atoms. The maximum Gasteiger partial charge on any atom is 0.0471 e. The van der Waals surface area contributed by atoms with Gasteiger partial charge in [-0.25, -0.2) is 0 Å². The van der Waals surface area contributed by atoms with Crippen LogP contribution in [-0.2, 0) is 6.54 Å². The lowest BCUT2D eigenvalue weighted by Crippen LogP contribution is -2.42. The number of hydrogen-bond acceptors (Lipinski definition) is 2. The van der Waals surface area contributed by atoms with Crippen LogP contribution in [0.2, 0.25) is 0 Å². The predicted octanol–water partition coefficient (Wildman–Crippen LogP) is 2.76. The second-order valence-corrected chi connectivity index (χ2v) is 5.76. The van der Waals surface area contributed by atoms with E-state index >= 15 is 0 Å². The van der Waals surface area contributed by atoms with Crippen LogP contribution in [0.25, 0.3) is 10.9 Å². The molecule has 3 rings (SSSR count). The molecule has 1 aromatic carbocycles. The molecule has 3 heteroatoms. The molecule has 0 amide bonds. The molecule has 0 saturated carbocycles. The van der Waals surface area contributed by atoms with Crippen LogP contribution in [0.1, 0.15) is 25.3 Å². The van der Waals surface area contributed by atoms with E-state index in [9.17, 15) is 5.11 Å². The molecule has 102 valence electrons. The van der Waals surface area contributed by atoms with Gasteiger partial charge in [-0.2, -0.15) is 0 Å². The number of benzene rings is 1. The summed E-state index contributed by atoms with van der Waals surface area (Å²) >= 11 is 0. The SMILES string of the molecule is CC1CCC(CO)CN1Cc1cccc2[nH]ccc12. The molecule has 0 spiro atoms. The van der Waals surface area contributed by atoms with Gasteiger partial charge in [-0.05, 0) is 43.4 Å². The lowest BCUT2D eigenvalue weighted by molar-refractivity contribution is 0.0775. The molecule has 1 fully saturated rings. The lowest BCUT2D eigenvalue weighted by atomic mass is 9.93. The van der Waals surface area contributed by atoms with E-state index in [1.807, 2.05) is 6.20 Å². The van der Waals surface area contributed by atoms with Crippen molar-refractivity contribution < 1.29 is 5.11 Å². The minimum atomic E-state index is 0.317. The van der Waals surface area contributed by atoms with Crippen LogP contribution in [0, 0.1) is 5.92 Å². The van der Waals surface area contributed by atoms with Gasteiger partial charge in [0.05, 0.1) is 0 Å². The van der Waals surface area contributed by atoms with Gasteiger partial charge in [-0.1, -0.05) is 12.1 Å². The van der Waals surface area contributed by atoms with Crippen molar-refractivity contribution >= 4 is 10.9 Å². The summed E-state index contributed by atoms with van der Waals surface area (Å²) < 4.78 is 0. The Bertz CT molecular complexity index is 548. The molecule has 2 atom stereocenters. The first-order chi connectivity index (χ1) is 9.28. The number of nitrogens with zero attached hydrogens (tertiary/aromatic N) is 1. The van der Waals surface area contributed by atoms with Crippen molar-refractivity contribution in [2.24, 2.45) is 5.92 Å². The third-order valence-electron chi connectivity index (χ3n) is 4.43. The third kappa shape index (κ3) is 2.53. The molecule has 1 saturated heterocycles. The number of nitrogens with one attached hydrogen (secondary N) is 1. The summed E-state index contributed by atoms with van der Waals surface area (Å²) in [6.45, 7) is 4.60. The summed E-state index contributed by atoms with van der Waals surface area (Å²) in [5, 5.41) is 10.7. The standard InChI is InChI=1S/C16H22N2O/c1-12-5-6-13(11-19)9-18(12)10-14-3-2-4-16-15(14)7-8-17-16/h2-4,7-8,12-13,17,19H,5-6,9-11H2,1H3. The quantitative estimate of drug-likeness (QED) is 0.888. The Morgan fingerprint density at radius 3 is 3.05 bits per heavy atom. The van der Waals surface area contributed by atoms with Crippen LogP contribution in [0.15, 0.2) is 30.5 Å². The monoisotopic (exact) mass is 258 g/mol. The second kappa shape index (κ2) is 5.35. The molecule has 2 heterocycles. The Hall–Kier alpha value is -1.32. The molecule has 0 aliphatic carbocycles. The minimum absolute atomic E-state index is 0.317. The number of aliphatic hydroxyl groups is 1. The van der Waals surface area contributed by atoms with Crippen molar-refractivity contribution in [1.82, 2.24) is 9.88 Å². The summed E-state index contributed by atoms with van der Waals surface area (Å²) in [5.41, 5.74) is 2.59. The fraction of sp³-hybridized carbons (Fsp3) is 0.500. The van der Waals surface area contributed by atoms with E-state index < -0.39 is 0 Å². The van der Waals surface area contributed by atoms with Crippen LogP contribution in [0.4, 0.5) is 0 Å². The van der Waals surface area contributed by atoms with E-state index in [0.717, 1.165) is 19.5 Å². The van der Waals surface area contributed by atoms with Crippen LogP contribution in [0.3, 0.4) is 0 Å². The van der Waals surface area contributed by atoms with Gasteiger partial charge >= 0.3 is 0 Å². The largest absolute Gasteiger partial charge is 0.396 e. The molecule has 0 radical (unpaired) electrons. The van der Waals surface area contributed by atoms with Crippen LogP contribution < -0.4 is 0 Å². The highest BCUT2D eigenvalue weighted by molar-refractivity contribution is 5.82. The summed E-state index contributed by atoms with van der Waals surface area (Å²) in [6.07, 6.45) is 4.35. The van der Waals surface area contributed by atoms with Gasteiger partial charge in [0.2, 0.25) is 0 Å². The Balaban J connectivity index is 1.81. The summed E-state index contributed by atoms with van der Waals surface area (Å²) in [7, 11) is 0. The molecule has 3 nitrogen and oxygen atoms in total. The van der Waals surface area contributed by atoms with Crippen LogP contribution in [-0.4, -0.2) is 34.2 Å². The molecule has 2 N–H and O–H groups in total. The van der Waals surface area contributed by atoms with Crippen molar-refractivity contribution in [3.63, 3.8) is 0 Å². The average molecular weight is 258 g/mol. The number of rotatable bonds is 3. The molecule has 2 unspecified atom stereocenters. The van der Waals surface area contributed by atoms with E-state index in [4.69, 9.17) is 0 Å². The van der Waals surface area contributed by atoms with Gasteiger partial charge in [0.1, 0.15) is 0 Å². The summed E-state index contributed by atoms with van der Waals surface area (Å²) in [4.78, 5) is 5.78. The molecule has 1 aromatic heterocycles. The molecule has 2 aromatic rings.